The molecule has 3 atom stereocenters. The first-order valence-electron chi connectivity index (χ1n) is 11.0. The molecule has 2 aliphatic rings. The van der Waals surface area contributed by atoms with Crippen molar-refractivity contribution in [1.29, 1.82) is 0 Å². The Balaban J connectivity index is 1.38. The van der Waals surface area contributed by atoms with Crippen molar-refractivity contribution in [2.45, 2.75) is 69.9 Å². The van der Waals surface area contributed by atoms with Crippen molar-refractivity contribution in [3.63, 3.8) is 0 Å². The van der Waals surface area contributed by atoms with Gasteiger partial charge in [0.15, 0.2) is 0 Å². The number of terminal acetylenes is 1. The van der Waals surface area contributed by atoms with Crippen molar-refractivity contribution in [3.8, 4) is 12.3 Å². The summed E-state index contributed by atoms with van der Waals surface area (Å²) in [4.78, 5) is 14.8. The van der Waals surface area contributed by atoms with Crippen LogP contribution in [0.2, 0.25) is 0 Å². The molecular formula is C25H28N4O2. The lowest BCUT2D eigenvalue weighted by atomic mass is 9.85. The van der Waals surface area contributed by atoms with Gasteiger partial charge in [0.2, 0.25) is 0 Å². The van der Waals surface area contributed by atoms with Crippen LogP contribution in [-0.4, -0.2) is 42.0 Å². The number of rotatable bonds is 5. The minimum atomic E-state index is -0.898. The molecule has 1 aromatic carbocycles. The predicted octanol–water partition coefficient (Wildman–Crippen LogP) is 2.70. The maximum absolute atomic E-state index is 12.2. The summed E-state index contributed by atoms with van der Waals surface area (Å²) < 4.78 is 3.57. The van der Waals surface area contributed by atoms with E-state index in [-0.39, 0.29) is 12.1 Å². The highest BCUT2D eigenvalue weighted by Gasteiger charge is 2.47. The summed E-state index contributed by atoms with van der Waals surface area (Å²) in [6, 6.07) is 12.3. The van der Waals surface area contributed by atoms with Crippen LogP contribution in [0.4, 0.5) is 0 Å². The summed E-state index contributed by atoms with van der Waals surface area (Å²) in [6.07, 6.45) is 11.2. The van der Waals surface area contributed by atoms with Gasteiger partial charge in [-0.15, -0.1) is 6.42 Å². The van der Waals surface area contributed by atoms with Gasteiger partial charge in [0, 0.05) is 41.8 Å². The van der Waals surface area contributed by atoms with Crippen LogP contribution >= 0.6 is 0 Å². The van der Waals surface area contributed by atoms with E-state index in [0.29, 0.717) is 31.5 Å². The van der Waals surface area contributed by atoms with Crippen LogP contribution < -0.4 is 5.56 Å². The summed E-state index contributed by atoms with van der Waals surface area (Å²) in [6.45, 7) is 3.54. The van der Waals surface area contributed by atoms with Crippen molar-refractivity contribution in [2.75, 3.05) is 0 Å². The Morgan fingerprint density at radius 2 is 1.94 bits per heavy atom. The van der Waals surface area contributed by atoms with E-state index in [1.807, 2.05) is 13.0 Å². The molecule has 0 aliphatic carbocycles. The van der Waals surface area contributed by atoms with Gasteiger partial charge in [0.1, 0.15) is 0 Å². The summed E-state index contributed by atoms with van der Waals surface area (Å²) in [5.41, 5.74) is 2.18. The van der Waals surface area contributed by atoms with Crippen LogP contribution in [0.15, 0.2) is 47.4 Å². The molecule has 2 saturated heterocycles. The molecule has 6 heteroatoms. The van der Waals surface area contributed by atoms with Gasteiger partial charge >= 0.3 is 0 Å². The van der Waals surface area contributed by atoms with E-state index in [9.17, 15) is 9.90 Å². The lowest BCUT2D eigenvalue weighted by molar-refractivity contribution is -0.0677. The minimum Gasteiger partial charge on any atom is -0.388 e. The number of aliphatic hydroxyl groups is 1. The van der Waals surface area contributed by atoms with Crippen molar-refractivity contribution in [3.05, 3.63) is 64.2 Å². The van der Waals surface area contributed by atoms with Gasteiger partial charge in [-0.1, -0.05) is 24.1 Å². The minimum absolute atomic E-state index is 0.157. The first-order chi connectivity index (χ1) is 15.0. The van der Waals surface area contributed by atoms with Gasteiger partial charge < -0.3 is 9.67 Å². The Kier molecular flexibility index (Phi) is 4.96. The highest BCUT2D eigenvalue weighted by molar-refractivity contribution is 5.84. The standard InChI is InChI=1S/C25H28N4O2/c1-3-12-27-15-19(22-6-4-5-7-23(22)27)16-28-20-9-10-21(28)14-25(31,13-20)17-29-24(30)11-8-18(2)26-29/h1,4-8,11,15,20-21,31H,9-10,12-14,16-17H2,2H3/t20-,21+,25?. The molecule has 2 aliphatic heterocycles. The number of piperidine rings is 1. The van der Waals surface area contributed by atoms with Gasteiger partial charge in [-0.3, -0.25) is 9.69 Å². The van der Waals surface area contributed by atoms with Crippen LogP contribution in [0.1, 0.15) is 36.9 Å². The number of nitrogens with zero attached hydrogens (tertiary/aromatic N) is 4. The van der Waals surface area contributed by atoms with Crippen molar-refractivity contribution >= 4 is 10.9 Å². The van der Waals surface area contributed by atoms with E-state index >= 15 is 0 Å². The number of fused-ring (bicyclic) bond motifs is 3. The molecule has 2 aromatic heterocycles. The van der Waals surface area contributed by atoms with Gasteiger partial charge in [0.25, 0.3) is 5.56 Å². The van der Waals surface area contributed by atoms with Crippen LogP contribution in [0, 0.1) is 19.3 Å². The molecule has 0 spiro atoms. The topological polar surface area (TPSA) is 63.3 Å². The van der Waals surface area contributed by atoms with Gasteiger partial charge in [-0.2, -0.15) is 5.10 Å². The second kappa shape index (κ2) is 7.67. The third-order valence-electron chi connectivity index (χ3n) is 6.93. The van der Waals surface area contributed by atoms with E-state index in [4.69, 9.17) is 6.42 Å². The Bertz CT molecular complexity index is 1200. The first kappa shape index (κ1) is 20.0. The summed E-state index contributed by atoms with van der Waals surface area (Å²) in [5, 5.41) is 17.0. The third-order valence-corrected chi connectivity index (χ3v) is 6.93. The second-order valence-electron chi connectivity index (χ2n) is 9.16. The maximum atomic E-state index is 12.2. The summed E-state index contributed by atoms with van der Waals surface area (Å²) >= 11 is 0. The molecule has 160 valence electrons. The number of para-hydroxylation sites is 1. The zero-order valence-electron chi connectivity index (χ0n) is 17.9. The molecular weight excluding hydrogens is 388 g/mol. The molecule has 2 bridgehead atoms. The molecule has 0 amide bonds. The van der Waals surface area contributed by atoms with E-state index in [0.717, 1.165) is 25.1 Å². The Morgan fingerprint density at radius 1 is 1.19 bits per heavy atom. The van der Waals surface area contributed by atoms with E-state index in [2.05, 4.69) is 44.9 Å². The number of hydrogen-bond donors (Lipinski definition) is 1. The Morgan fingerprint density at radius 3 is 2.68 bits per heavy atom. The monoisotopic (exact) mass is 416 g/mol. The van der Waals surface area contributed by atoms with E-state index in [1.54, 1.807) is 6.07 Å². The van der Waals surface area contributed by atoms with Crippen LogP contribution in [0.25, 0.3) is 10.9 Å². The Labute approximate surface area is 182 Å². The molecule has 2 fully saturated rings. The lowest BCUT2D eigenvalue weighted by Crippen LogP contribution is -2.53. The highest BCUT2D eigenvalue weighted by atomic mass is 16.3. The van der Waals surface area contributed by atoms with E-state index < -0.39 is 5.60 Å². The van der Waals surface area contributed by atoms with Gasteiger partial charge in [-0.25, -0.2) is 4.68 Å². The predicted molar refractivity (Wildman–Crippen MR) is 121 cm³/mol. The van der Waals surface area contributed by atoms with Gasteiger partial charge in [0.05, 0.1) is 24.4 Å². The normalized spacial score (nSPS) is 25.7. The van der Waals surface area contributed by atoms with Crippen molar-refractivity contribution in [1.82, 2.24) is 19.2 Å². The quantitative estimate of drug-likeness (QED) is 0.650. The number of benzene rings is 1. The van der Waals surface area contributed by atoms with Crippen molar-refractivity contribution < 1.29 is 5.11 Å². The van der Waals surface area contributed by atoms with Crippen LogP contribution in [0.5, 0.6) is 0 Å². The number of aromatic nitrogens is 3. The largest absolute Gasteiger partial charge is 0.388 e. The number of hydrogen-bond acceptors (Lipinski definition) is 4. The fourth-order valence-electron chi connectivity index (χ4n) is 5.62. The molecule has 0 radical (unpaired) electrons. The molecule has 0 saturated carbocycles. The summed E-state index contributed by atoms with van der Waals surface area (Å²) in [7, 11) is 0. The molecule has 4 heterocycles. The van der Waals surface area contributed by atoms with Crippen molar-refractivity contribution in [2.24, 2.45) is 0 Å². The third kappa shape index (κ3) is 3.69. The smallest absolute Gasteiger partial charge is 0.266 e. The highest BCUT2D eigenvalue weighted by Crippen LogP contribution is 2.42. The zero-order valence-corrected chi connectivity index (χ0v) is 17.9. The fraction of sp³-hybridized carbons (Fsp3) is 0.440. The first-order valence-corrected chi connectivity index (χ1v) is 11.0. The molecule has 6 nitrogen and oxygen atoms in total. The average molecular weight is 417 g/mol. The average Bonchev–Trinajstić information content (AvgIpc) is 3.21. The lowest BCUT2D eigenvalue weighted by Gasteiger charge is -2.43. The molecule has 1 N–H and O–H groups in total. The van der Waals surface area contributed by atoms with Gasteiger partial charge in [-0.05, 0) is 50.3 Å². The summed E-state index contributed by atoms with van der Waals surface area (Å²) in [5.74, 6) is 2.75. The fourth-order valence-corrected chi connectivity index (χ4v) is 5.62. The molecule has 1 unspecified atom stereocenters. The van der Waals surface area contributed by atoms with Crippen LogP contribution in [-0.2, 0) is 19.6 Å². The van der Waals surface area contributed by atoms with E-state index in [1.165, 1.54) is 27.2 Å². The zero-order chi connectivity index (χ0) is 21.6. The molecule has 31 heavy (non-hydrogen) atoms. The maximum Gasteiger partial charge on any atom is 0.266 e. The number of aryl methyl sites for hydroxylation is 1. The SMILES string of the molecule is C#CCn1cc(CN2[C@@H]3CC[C@H]2CC(O)(Cn2nc(C)ccc2=O)C3)c2ccccc21. The molecule has 5 rings (SSSR count). The second-order valence-corrected chi connectivity index (χ2v) is 9.16. The van der Waals surface area contributed by atoms with Crippen LogP contribution in [0.3, 0.4) is 0 Å². The Hall–Kier alpha value is -2.88. The molecule has 3 aromatic rings.